The van der Waals surface area contributed by atoms with Crippen LogP contribution >= 0.6 is 0 Å². The van der Waals surface area contributed by atoms with Crippen LogP contribution in [0.5, 0.6) is 0 Å². The van der Waals surface area contributed by atoms with Crippen LogP contribution in [0.4, 0.5) is 0 Å². The molecular weight excluding hydrogens is 265 g/mol. The van der Waals surface area contributed by atoms with Gasteiger partial charge in [0.05, 0.1) is 19.6 Å². The Hall–Kier alpha value is 0.0249. The summed E-state index contributed by atoms with van der Waals surface area (Å²) in [6.45, 7) is 20.4. The molecule has 0 aliphatic rings. The van der Waals surface area contributed by atoms with Crippen LogP contribution in [0.2, 0.25) is 25.3 Å². The van der Waals surface area contributed by atoms with Crippen LogP contribution in [-0.2, 0) is 0 Å². The molecule has 0 fully saturated rings. The summed E-state index contributed by atoms with van der Waals surface area (Å²) in [6, 6.07) is 0. The third kappa shape index (κ3) is 12.6. The standard InChI is InChI=1S/C12H27N.C8H20B/c1-4-7-10-13(11-8-5-2)12-9-6-3;1-5-9(6-2,7-3)8-4/h4-12H2,1-3H3;5-8H2,1-4H3/q;-1/p+1. The SMILES string of the molecule is CCCC[NH+](CCCC)CCCC.CC[B-](CC)(CC)CC. The third-order valence-corrected chi connectivity index (χ3v) is 6.12. The van der Waals surface area contributed by atoms with Gasteiger partial charge in [0.1, 0.15) is 0 Å². The van der Waals surface area contributed by atoms with Crippen molar-refractivity contribution in [1.82, 2.24) is 0 Å². The third-order valence-electron chi connectivity index (χ3n) is 6.12. The smallest absolute Gasteiger partial charge is 0.0770 e. The zero-order valence-corrected chi connectivity index (χ0v) is 17.3. The minimum atomic E-state index is 0.0556. The second-order valence-electron chi connectivity index (χ2n) is 7.43. The lowest BCUT2D eigenvalue weighted by Gasteiger charge is -2.34. The Morgan fingerprint density at radius 3 is 0.909 bits per heavy atom. The van der Waals surface area contributed by atoms with Gasteiger partial charge in [0.25, 0.3) is 0 Å². The Morgan fingerprint density at radius 1 is 0.500 bits per heavy atom. The number of nitrogens with one attached hydrogen (secondary N) is 1. The Morgan fingerprint density at radius 2 is 0.773 bits per heavy atom. The maximum absolute atomic E-state index is 2.33. The highest BCUT2D eigenvalue weighted by atomic mass is 15.1. The second-order valence-corrected chi connectivity index (χ2v) is 7.43. The molecule has 0 bridgehead atoms. The van der Waals surface area contributed by atoms with Gasteiger partial charge in [-0.25, -0.2) is 0 Å². The highest BCUT2D eigenvalue weighted by Gasteiger charge is 2.14. The summed E-state index contributed by atoms with van der Waals surface area (Å²) in [5, 5.41) is 0. The minimum Gasteiger partial charge on any atom is -0.335 e. The quantitative estimate of drug-likeness (QED) is 0.411. The van der Waals surface area contributed by atoms with Crippen LogP contribution in [0, 0.1) is 0 Å². The van der Waals surface area contributed by atoms with Gasteiger partial charge >= 0.3 is 0 Å². The molecule has 0 saturated carbocycles. The van der Waals surface area contributed by atoms with E-state index < -0.39 is 0 Å². The zero-order chi connectivity index (χ0) is 17.3. The van der Waals surface area contributed by atoms with Gasteiger partial charge in [0.2, 0.25) is 0 Å². The Labute approximate surface area is 143 Å². The number of rotatable bonds is 13. The molecule has 1 nitrogen and oxygen atoms in total. The highest BCUT2D eigenvalue weighted by Crippen LogP contribution is 2.23. The fourth-order valence-corrected chi connectivity index (χ4v) is 3.39. The molecule has 0 aliphatic carbocycles. The van der Waals surface area contributed by atoms with Crippen LogP contribution in [0.25, 0.3) is 0 Å². The second kappa shape index (κ2) is 17.4. The van der Waals surface area contributed by atoms with E-state index in [0.29, 0.717) is 0 Å². The molecule has 2 heteroatoms. The van der Waals surface area contributed by atoms with Crippen molar-refractivity contribution in [2.75, 3.05) is 19.6 Å². The lowest BCUT2D eigenvalue weighted by molar-refractivity contribution is -0.900. The van der Waals surface area contributed by atoms with Crippen molar-refractivity contribution in [1.29, 1.82) is 0 Å². The summed E-state index contributed by atoms with van der Waals surface area (Å²) in [7, 11) is 0. The highest BCUT2D eigenvalue weighted by molar-refractivity contribution is 6.79. The van der Waals surface area contributed by atoms with E-state index >= 15 is 0 Å². The van der Waals surface area contributed by atoms with Crippen LogP contribution in [0.15, 0.2) is 0 Å². The van der Waals surface area contributed by atoms with Crippen LogP contribution in [0.3, 0.4) is 0 Å². The van der Waals surface area contributed by atoms with Gasteiger partial charge < -0.3 is 4.90 Å². The first kappa shape index (κ1) is 24.3. The molecule has 0 aromatic heterocycles. The largest absolute Gasteiger partial charge is 0.335 e. The molecule has 0 atom stereocenters. The van der Waals surface area contributed by atoms with E-state index in [9.17, 15) is 0 Å². The monoisotopic (exact) mass is 313 g/mol. The van der Waals surface area contributed by atoms with E-state index in [1.165, 1.54) is 83.4 Å². The molecule has 0 rings (SSSR count). The van der Waals surface area contributed by atoms with Crippen LogP contribution in [0.1, 0.15) is 87.0 Å². The summed E-state index contributed by atoms with van der Waals surface area (Å²) < 4.78 is 0. The van der Waals surface area contributed by atoms with E-state index in [0.717, 1.165) is 0 Å². The number of quaternary nitrogens is 1. The maximum atomic E-state index is 2.33. The van der Waals surface area contributed by atoms with Crippen molar-refractivity contribution in [3.05, 3.63) is 0 Å². The lowest BCUT2D eigenvalue weighted by Crippen LogP contribution is -3.12. The van der Waals surface area contributed by atoms with Gasteiger partial charge in [0.15, 0.2) is 0 Å². The van der Waals surface area contributed by atoms with Gasteiger partial charge in [0, 0.05) is 0 Å². The normalized spacial score (nSPS) is 11.5. The van der Waals surface area contributed by atoms with E-state index in [1.54, 1.807) is 0 Å². The lowest BCUT2D eigenvalue weighted by atomic mass is 9.19. The molecule has 0 aromatic rings. The Kier molecular flexibility index (Phi) is 19.2. The Bertz CT molecular complexity index is 165. The Balaban J connectivity index is 0. The number of hydrogen-bond acceptors (Lipinski definition) is 0. The first-order valence-corrected chi connectivity index (χ1v) is 10.6. The summed E-state index contributed by atoms with van der Waals surface area (Å²) in [4.78, 5) is 1.84. The summed E-state index contributed by atoms with van der Waals surface area (Å²) >= 11 is 0. The number of unbranched alkanes of at least 4 members (excludes halogenated alkanes) is 3. The molecule has 0 unspecified atom stereocenters. The molecular formula is C20H48BN. The number of hydrogen-bond donors (Lipinski definition) is 1. The minimum absolute atomic E-state index is 0.0556. The summed E-state index contributed by atoms with van der Waals surface area (Å²) in [6.07, 6.45) is 13.9. The predicted octanol–water partition coefficient (Wildman–Crippen LogP) is 5.79. The molecule has 0 spiro atoms. The summed E-state index contributed by atoms with van der Waals surface area (Å²) in [5.41, 5.74) is 0. The molecule has 0 amide bonds. The van der Waals surface area contributed by atoms with Gasteiger partial charge in [-0.15, -0.1) is 0 Å². The maximum Gasteiger partial charge on any atom is 0.0770 e. The molecule has 0 aliphatic heterocycles. The molecule has 0 radical (unpaired) electrons. The van der Waals surface area contributed by atoms with Crippen molar-refractivity contribution in [3.8, 4) is 0 Å². The molecule has 136 valence electrons. The topological polar surface area (TPSA) is 4.44 Å². The van der Waals surface area contributed by atoms with Gasteiger partial charge in [-0.1, -0.05) is 67.7 Å². The van der Waals surface area contributed by atoms with Gasteiger partial charge in [-0.3, -0.25) is 0 Å². The first-order chi connectivity index (χ1) is 10.6. The van der Waals surface area contributed by atoms with E-state index in [4.69, 9.17) is 0 Å². The van der Waals surface area contributed by atoms with Crippen molar-refractivity contribution in [3.63, 3.8) is 0 Å². The van der Waals surface area contributed by atoms with Crippen molar-refractivity contribution < 1.29 is 4.90 Å². The average molecular weight is 313 g/mol. The van der Waals surface area contributed by atoms with Crippen molar-refractivity contribution in [2.24, 2.45) is 0 Å². The molecule has 1 N–H and O–H groups in total. The van der Waals surface area contributed by atoms with Crippen LogP contribution < -0.4 is 4.90 Å². The molecule has 0 aromatic carbocycles. The van der Waals surface area contributed by atoms with Gasteiger partial charge in [-0.05, 0) is 25.4 Å². The van der Waals surface area contributed by atoms with E-state index in [1.807, 2.05) is 4.90 Å². The average Bonchev–Trinajstić information content (AvgIpc) is 2.57. The molecule has 0 heterocycles. The van der Waals surface area contributed by atoms with E-state index in [2.05, 4.69) is 48.5 Å². The molecule has 22 heavy (non-hydrogen) atoms. The summed E-state index contributed by atoms with van der Waals surface area (Å²) in [5.74, 6) is 0. The fourth-order valence-electron chi connectivity index (χ4n) is 3.39. The van der Waals surface area contributed by atoms with Gasteiger partial charge in [-0.2, -0.15) is 25.3 Å². The molecule has 0 saturated heterocycles. The van der Waals surface area contributed by atoms with Crippen molar-refractivity contribution in [2.45, 2.75) is 112 Å². The van der Waals surface area contributed by atoms with Crippen molar-refractivity contribution >= 4 is 6.15 Å². The fraction of sp³-hybridized carbons (Fsp3) is 1.00. The predicted molar refractivity (Wildman–Crippen MR) is 108 cm³/mol. The van der Waals surface area contributed by atoms with E-state index in [-0.39, 0.29) is 6.15 Å². The van der Waals surface area contributed by atoms with Crippen LogP contribution in [-0.4, -0.2) is 25.8 Å². The zero-order valence-electron chi connectivity index (χ0n) is 17.3. The first-order valence-electron chi connectivity index (χ1n) is 10.6.